The molecule has 0 atom stereocenters. The van der Waals surface area contributed by atoms with Gasteiger partial charge >= 0.3 is 0 Å². The van der Waals surface area contributed by atoms with Gasteiger partial charge in [-0.2, -0.15) is 4.72 Å². The van der Waals surface area contributed by atoms with Gasteiger partial charge in [0.1, 0.15) is 10.7 Å². The predicted molar refractivity (Wildman–Crippen MR) is 62.5 cm³/mol. The molecule has 0 spiro atoms. The first kappa shape index (κ1) is 13.0. The molecule has 1 aromatic rings. The standard InChI is InChI=1S/C9H8BrFN2O2S/c1-2-3-13-16(14,15)9-5-8(12)6(10)4-7(9)11/h1,4-5,13H,3,12H2. The van der Waals surface area contributed by atoms with Crippen LogP contribution in [-0.2, 0) is 10.0 Å². The Balaban J connectivity index is 3.24. The average Bonchev–Trinajstić information content (AvgIpc) is 2.20. The highest BCUT2D eigenvalue weighted by Crippen LogP contribution is 2.25. The molecule has 86 valence electrons. The number of benzene rings is 1. The highest BCUT2D eigenvalue weighted by atomic mass is 79.9. The minimum Gasteiger partial charge on any atom is -0.398 e. The maximum Gasteiger partial charge on any atom is 0.244 e. The van der Waals surface area contributed by atoms with Crippen molar-refractivity contribution in [1.29, 1.82) is 0 Å². The van der Waals surface area contributed by atoms with E-state index in [-0.39, 0.29) is 12.2 Å². The van der Waals surface area contributed by atoms with E-state index in [1.54, 1.807) is 0 Å². The molecule has 0 radical (unpaired) electrons. The van der Waals surface area contributed by atoms with Crippen molar-refractivity contribution in [2.45, 2.75) is 4.90 Å². The number of nitrogen functional groups attached to an aromatic ring is 1. The van der Waals surface area contributed by atoms with Crippen LogP contribution < -0.4 is 10.5 Å². The Morgan fingerprint density at radius 1 is 1.56 bits per heavy atom. The molecule has 16 heavy (non-hydrogen) atoms. The van der Waals surface area contributed by atoms with Gasteiger partial charge in [0.25, 0.3) is 0 Å². The van der Waals surface area contributed by atoms with Crippen molar-refractivity contribution in [3.63, 3.8) is 0 Å². The zero-order valence-corrected chi connectivity index (χ0v) is 10.4. The smallest absolute Gasteiger partial charge is 0.244 e. The molecule has 4 nitrogen and oxygen atoms in total. The van der Waals surface area contributed by atoms with Crippen molar-refractivity contribution in [3.8, 4) is 12.3 Å². The SMILES string of the molecule is C#CCNS(=O)(=O)c1cc(N)c(Br)cc1F. The summed E-state index contributed by atoms with van der Waals surface area (Å²) in [5, 5.41) is 0. The van der Waals surface area contributed by atoms with E-state index >= 15 is 0 Å². The molecule has 0 unspecified atom stereocenters. The van der Waals surface area contributed by atoms with E-state index in [0.29, 0.717) is 4.47 Å². The number of sulfonamides is 1. The van der Waals surface area contributed by atoms with E-state index in [1.807, 2.05) is 4.72 Å². The average molecular weight is 307 g/mol. The van der Waals surface area contributed by atoms with Crippen LogP contribution in [0.1, 0.15) is 0 Å². The van der Waals surface area contributed by atoms with Gasteiger partial charge in [-0.1, -0.05) is 5.92 Å². The maximum atomic E-state index is 13.4. The van der Waals surface area contributed by atoms with Gasteiger partial charge in [-0.05, 0) is 28.1 Å². The number of halogens is 2. The number of hydrogen-bond donors (Lipinski definition) is 2. The molecule has 0 saturated carbocycles. The van der Waals surface area contributed by atoms with Crippen LogP contribution in [0.25, 0.3) is 0 Å². The van der Waals surface area contributed by atoms with Crippen molar-refractivity contribution in [2.75, 3.05) is 12.3 Å². The van der Waals surface area contributed by atoms with Crippen LogP contribution >= 0.6 is 15.9 Å². The lowest BCUT2D eigenvalue weighted by molar-refractivity contribution is 0.560. The normalized spacial score (nSPS) is 11.1. The Hall–Kier alpha value is -1.10. The summed E-state index contributed by atoms with van der Waals surface area (Å²) in [5.74, 6) is 1.19. The zero-order chi connectivity index (χ0) is 12.3. The molecule has 3 N–H and O–H groups in total. The van der Waals surface area contributed by atoms with Gasteiger partial charge in [0, 0.05) is 10.2 Å². The van der Waals surface area contributed by atoms with Crippen molar-refractivity contribution >= 4 is 31.6 Å². The number of nitrogens with one attached hydrogen (secondary N) is 1. The van der Waals surface area contributed by atoms with Gasteiger partial charge in [-0.15, -0.1) is 6.42 Å². The third-order valence-corrected chi connectivity index (χ3v) is 3.81. The zero-order valence-electron chi connectivity index (χ0n) is 8.00. The first-order valence-electron chi connectivity index (χ1n) is 4.06. The molecule has 1 aromatic carbocycles. The summed E-state index contributed by atoms with van der Waals surface area (Å²) in [6.45, 7) is -0.211. The van der Waals surface area contributed by atoms with E-state index in [0.717, 1.165) is 12.1 Å². The summed E-state index contributed by atoms with van der Waals surface area (Å²) in [6.07, 6.45) is 4.90. The number of hydrogen-bond acceptors (Lipinski definition) is 3. The molecule has 0 bridgehead atoms. The fourth-order valence-corrected chi connectivity index (χ4v) is 2.31. The van der Waals surface area contributed by atoms with E-state index in [9.17, 15) is 12.8 Å². The van der Waals surface area contributed by atoms with Crippen molar-refractivity contribution < 1.29 is 12.8 Å². The molecule has 0 aliphatic carbocycles. The summed E-state index contributed by atoms with van der Waals surface area (Å²) in [7, 11) is -3.96. The first-order valence-corrected chi connectivity index (χ1v) is 6.33. The molecular weight excluding hydrogens is 299 g/mol. The molecule has 0 heterocycles. The van der Waals surface area contributed by atoms with E-state index in [1.165, 1.54) is 0 Å². The lowest BCUT2D eigenvalue weighted by Crippen LogP contribution is -2.25. The topological polar surface area (TPSA) is 72.2 Å². The monoisotopic (exact) mass is 306 g/mol. The fourth-order valence-electron chi connectivity index (χ4n) is 0.965. The highest BCUT2D eigenvalue weighted by Gasteiger charge is 2.19. The summed E-state index contributed by atoms with van der Waals surface area (Å²) < 4.78 is 38.8. The van der Waals surface area contributed by atoms with Gasteiger partial charge in [0.05, 0.1) is 6.54 Å². The fraction of sp³-hybridized carbons (Fsp3) is 0.111. The van der Waals surface area contributed by atoms with Crippen molar-refractivity contribution in [2.24, 2.45) is 0 Å². The Kier molecular flexibility index (Phi) is 3.91. The van der Waals surface area contributed by atoms with Gasteiger partial charge in [-0.25, -0.2) is 12.8 Å². The first-order chi connectivity index (χ1) is 7.38. The Morgan fingerprint density at radius 3 is 2.75 bits per heavy atom. The quantitative estimate of drug-likeness (QED) is 0.648. The molecule has 0 aromatic heterocycles. The summed E-state index contributed by atoms with van der Waals surface area (Å²) in [6, 6.07) is 2.01. The molecular formula is C9H8BrFN2O2S. The minimum atomic E-state index is -3.96. The van der Waals surface area contributed by atoms with Crippen molar-refractivity contribution in [1.82, 2.24) is 4.72 Å². The molecule has 0 amide bonds. The van der Waals surface area contributed by atoms with Crippen LogP contribution in [0.5, 0.6) is 0 Å². The Labute approximate surface area is 101 Å². The number of rotatable bonds is 3. The summed E-state index contributed by atoms with van der Waals surface area (Å²) in [4.78, 5) is -0.525. The molecule has 7 heteroatoms. The van der Waals surface area contributed by atoms with Crippen LogP contribution in [0.2, 0.25) is 0 Å². The summed E-state index contributed by atoms with van der Waals surface area (Å²) >= 11 is 2.99. The molecule has 0 aliphatic heterocycles. The Morgan fingerprint density at radius 2 is 2.19 bits per heavy atom. The maximum absolute atomic E-state index is 13.4. The molecule has 0 fully saturated rings. The van der Waals surface area contributed by atoms with Gasteiger partial charge in [-0.3, -0.25) is 0 Å². The van der Waals surface area contributed by atoms with Crippen LogP contribution in [-0.4, -0.2) is 15.0 Å². The van der Waals surface area contributed by atoms with Crippen LogP contribution in [0, 0.1) is 18.2 Å². The molecule has 0 aliphatic rings. The van der Waals surface area contributed by atoms with Crippen LogP contribution in [0.4, 0.5) is 10.1 Å². The predicted octanol–water partition coefficient (Wildman–Crippen LogP) is 1.08. The van der Waals surface area contributed by atoms with E-state index in [2.05, 4.69) is 21.9 Å². The van der Waals surface area contributed by atoms with Crippen LogP contribution in [0.3, 0.4) is 0 Å². The second kappa shape index (κ2) is 4.82. The third kappa shape index (κ3) is 2.72. The second-order valence-corrected chi connectivity index (χ2v) is 5.42. The Bertz CT molecular complexity index is 551. The van der Waals surface area contributed by atoms with E-state index in [4.69, 9.17) is 12.2 Å². The van der Waals surface area contributed by atoms with Gasteiger partial charge in [0.15, 0.2) is 0 Å². The van der Waals surface area contributed by atoms with Gasteiger partial charge < -0.3 is 5.73 Å². The largest absolute Gasteiger partial charge is 0.398 e. The second-order valence-electron chi connectivity index (χ2n) is 2.83. The third-order valence-electron chi connectivity index (χ3n) is 1.70. The lowest BCUT2D eigenvalue weighted by atomic mass is 10.3. The number of terminal acetylenes is 1. The van der Waals surface area contributed by atoms with Gasteiger partial charge in [0.2, 0.25) is 10.0 Å². The highest BCUT2D eigenvalue weighted by molar-refractivity contribution is 9.10. The molecule has 0 saturated heterocycles. The van der Waals surface area contributed by atoms with Crippen LogP contribution in [0.15, 0.2) is 21.5 Å². The summed E-state index contributed by atoms with van der Waals surface area (Å²) in [5.41, 5.74) is 5.60. The van der Waals surface area contributed by atoms with E-state index < -0.39 is 20.7 Å². The minimum absolute atomic E-state index is 0.127. The number of anilines is 1. The molecule has 1 rings (SSSR count). The number of nitrogens with two attached hydrogens (primary N) is 1. The lowest BCUT2D eigenvalue weighted by Gasteiger charge is -2.07. The van der Waals surface area contributed by atoms with Crippen molar-refractivity contribution in [3.05, 3.63) is 22.4 Å².